The molecule has 0 radical (unpaired) electrons. The van der Waals surface area contributed by atoms with Gasteiger partial charge in [0.15, 0.2) is 0 Å². The van der Waals surface area contributed by atoms with Gasteiger partial charge < -0.3 is 10.2 Å². The van der Waals surface area contributed by atoms with E-state index in [1.165, 1.54) is 19.3 Å². The normalized spacial score (nSPS) is 17.4. The van der Waals surface area contributed by atoms with Gasteiger partial charge in [-0.25, -0.2) is 9.99 Å². The summed E-state index contributed by atoms with van der Waals surface area (Å²) in [6, 6.07) is 3.87. The van der Waals surface area contributed by atoms with Gasteiger partial charge in [-0.3, -0.25) is 0 Å². The van der Waals surface area contributed by atoms with Gasteiger partial charge in [-0.05, 0) is 18.9 Å². The lowest BCUT2D eigenvalue weighted by Crippen LogP contribution is -2.34. The third-order valence-electron chi connectivity index (χ3n) is 2.59. The number of aromatic nitrogens is 1. The van der Waals surface area contributed by atoms with Gasteiger partial charge in [-0.15, -0.1) is 0 Å². The molecule has 0 aromatic carbocycles. The maximum Gasteiger partial charge on any atom is 0.215 e. The zero-order chi connectivity index (χ0) is 10.5. The second-order valence-electron chi connectivity index (χ2n) is 3.75. The summed E-state index contributed by atoms with van der Waals surface area (Å²) in [5.74, 6) is 0.650. The van der Waals surface area contributed by atoms with Crippen LogP contribution in [0, 0.1) is 0 Å². The number of nitrogens with one attached hydrogen (secondary N) is 1. The Balaban J connectivity index is 1.96. The maximum atomic E-state index is 5.07. The number of hydrogen-bond acceptors (Lipinski definition) is 4. The first kappa shape index (κ1) is 10.2. The number of methoxy groups -OCH3 is 1. The number of ether oxygens (including phenoxy) is 1. The zero-order valence-electron chi connectivity index (χ0n) is 9.07. The van der Waals surface area contributed by atoms with Gasteiger partial charge >= 0.3 is 0 Å². The molecule has 4 heteroatoms. The van der Waals surface area contributed by atoms with E-state index >= 15 is 0 Å². The predicted molar refractivity (Wildman–Crippen MR) is 59.8 cm³/mol. The Morgan fingerprint density at radius 1 is 1.33 bits per heavy atom. The maximum absolute atomic E-state index is 5.07. The van der Waals surface area contributed by atoms with Crippen molar-refractivity contribution in [3.05, 3.63) is 18.3 Å². The van der Waals surface area contributed by atoms with Crippen LogP contribution in [0.15, 0.2) is 18.3 Å². The molecule has 1 fully saturated rings. The van der Waals surface area contributed by atoms with Gasteiger partial charge in [0.2, 0.25) is 5.88 Å². The average molecular weight is 207 g/mol. The van der Waals surface area contributed by atoms with E-state index in [1.54, 1.807) is 13.3 Å². The third-order valence-corrected chi connectivity index (χ3v) is 2.59. The summed E-state index contributed by atoms with van der Waals surface area (Å²) in [4.78, 5) is 4.07. The summed E-state index contributed by atoms with van der Waals surface area (Å²) in [7, 11) is 1.63. The number of pyridine rings is 1. The lowest BCUT2D eigenvalue weighted by atomic mass is 10.2. The van der Waals surface area contributed by atoms with E-state index in [-0.39, 0.29) is 0 Å². The molecule has 82 valence electrons. The Morgan fingerprint density at radius 2 is 2.13 bits per heavy atom. The van der Waals surface area contributed by atoms with Gasteiger partial charge in [0.25, 0.3) is 0 Å². The van der Waals surface area contributed by atoms with E-state index < -0.39 is 0 Å². The van der Waals surface area contributed by atoms with Gasteiger partial charge in [-0.2, -0.15) is 0 Å². The summed E-state index contributed by atoms with van der Waals surface area (Å²) in [6.07, 6.45) is 5.65. The lowest BCUT2D eigenvalue weighted by molar-refractivity contribution is 0.273. The summed E-state index contributed by atoms with van der Waals surface area (Å²) < 4.78 is 5.07. The highest BCUT2D eigenvalue weighted by atomic mass is 16.5. The molecule has 0 unspecified atom stereocenters. The van der Waals surface area contributed by atoms with Crippen LogP contribution >= 0.6 is 0 Å². The molecule has 2 rings (SSSR count). The highest BCUT2D eigenvalue weighted by Crippen LogP contribution is 2.16. The molecule has 1 aromatic rings. The van der Waals surface area contributed by atoms with E-state index in [0.717, 1.165) is 18.8 Å². The molecule has 15 heavy (non-hydrogen) atoms. The molecule has 2 heterocycles. The summed E-state index contributed by atoms with van der Waals surface area (Å²) in [5.41, 5.74) is 4.41. The minimum absolute atomic E-state index is 0.650. The van der Waals surface area contributed by atoms with E-state index in [1.807, 2.05) is 12.1 Å². The fourth-order valence-corrected chi connectivity index (χ4v) is 1.78. The quantitative estimate of drug-likeness (QED) is 0.821. The summed E-state index contributed by atoms with van der Waals surface area (Å²) in [6.45, 7) is 2.23. The molecule has 0 atom stereocenters. The highest BCUT2D eigenvalue weighted by Gasteiger charge is 2.09. The molecule has 0 spiro atoms. The zero-order valence-corrected chi connectivity index (χ0v) is 9.07. The van der Waals surface area contributed by atoms with Crippen molar-refractivity contribution in [1.29, 1.82) is 0 Å². The second-order valence-corrected chi connectivity index (χ2v) is 3.75. The fourth-order valence-electron chi connectivity index (χ4n) is 1.78. The molecule has 0 aliphatic carbocycles. The van der Waals surface area contributed by atoms with Crippen molar-refractivity contribution in [2.24, 2.45) is 0 Å². The van der Waals surface area contributed by atoms with Gasteiger partial charge in [0.05, 0.1) is 12.8 Å². The molecule has 1 saturated heterocycles. The van der Waals surface area contributed by atoms with Crippen molar-refractivity contribution < 1.29 is 4.74 Å². The van der Waals surface area contributed by atoms with Crippen molar-refractivity contribution in [1.82, 2.24) is 9.99 Å². The van der Waals surface area contributed by atoms with Crippen molar-refractivity contribution in [3.8, 4) is 5.88 Å². The number of anilines is 1. The molecule has 1 aliphatic heterocycles. The Kier molecular flexibility index (Phi) is 3.40. The van der Waals surface area contributed by atoms with E-state index in [0.29, 0.717) is 5.88 Å². The highest BCUT2D eigenvalue weighted by molar-refractivity contribution is 5.44. The fraction of sp³-hybridized carbons (Fsp3) is 0.545. The Hall–Kier alpha value is -1.29. The first-order valence-corrected chi connectivity index (χ1v) is 5.40. The van der Waals surface area contributed by atoms with Crippen LogP contribution in [-0.4, -0.2) is 30.2 Å². The molecular weight excluding hydrogens is 190 g/mol. The van der Waals surface area contributed by atoms with Crippen LogP contribution in [0.5, 0.6) is 5.88 Å². The van der Waals surface area contributed by atoms with Crippen LogP contribution in [0.2, 0.25) is 0 Å². The molecule has 1 aromatic heterocycles. The smallest absolute Gasteiger partial charge is 0.215 e. The number of rotatable bonds is 3. The molecule has 4 nitrogen and oxygen atoms in total. The summed E-state index contributed by atoms with van der Waals surface area (Å²) >= 11 is 0. The van der Waals surface area contributed by atoms with Crippen LogP contribution < -0.4 is 10.2 Å². The van der Waals surface area contributed by atoms with Crippen molar-refractivity contribution >= 4 is 5.69 Å². The standard InChI is InChI=1S/C11H17N3O/c1-15-11-9-10(5-6-12-11)13-14-7-3-2-4-8-14/h5-6,9H,2-4,7-8H2,1H3,(H,12,13). The van der Waals surface area contributed by atoms with Crippen LogP contribution in [0.4, 0.5) is 5.69 Å². The van der Waals surface area contributed by atoms with Gasteiger partial charge in [0, 0.05) is 25.4 Å². The van der Waals surface area contributed by atoms with Crippen molar-refractivity contribution in [3.63, 3.8) is 0 Å². The molecule has 0 saturated carbocycles. The first-order valence-electron chi connectivity index (χ1n) is 5.40. The minimum Gasteiger partial charge on any atom is -0.481 e. The number of hydrogen-bond donors (Lipinski definition) is 1. The van der Waals surface area contributed by atoms with Crippen LogP contribution in [-0.2, 0) is 0 Å². The van der Waals surface area contributed by atoms with Crippen LogP contribution in [0.25, 0.3) is 0 Å². The molecule has 0 bridgehead atoms. The second kappa shape index (κ2) is 4.98. The van der Waals surface area contributed by atoms with E-state index in [9.17, 15) is 0 Å². The number of nitrogens with zero attached hydrogens (tertiary/aromatic N) is 2. The van der Waals surface area contributed by atoms with Gasteiger partial charge in [0.1, 0.15) is 0 Å². The Labute approximate surface area is 90.2 Å². The molecular formula is C11H17N3O. The van der Waals surface area contributed by atoms with Gasteiger partial charge in [-0.1, -0.05) is 6.42 Å². The average Bonchev–Trinajstić information content (AvgIpc) is 2.31. The summed E-state index contributed by atoms with van der Waals surface area (Å²) in [5, 5.41) is 2.25. The van der Waals surface area contributed by atoms with E-state index in [2.05, 4.69) is 15.4 Å². The van der Waals surface area contributed by atoms with Crippen LogP contribution in [0.3, 0.4) is 0 Å². The third kappa shape index (κ3) is 2.83. The Bertz CT molecular complexity index is 310. The van der Waals surface area contributed by atoms with E-state index in [4.69, 9.17) is 4.74 Å². The van der Waals surface area contributed by atoms with Crippen LogP contribution in [0.1, 0.15) is 19.3 Å². The molecule has 0 amide bonds. The number of hydrazine groups is 1. The van der Waals surface area contributed by atoms with Crippen molar-refractivity contribution in [2.45, 2.75) is 19.3 Å². The lowest BCUT2D eigenvalue weighted by Gasteiger charge is -2.27. The SMILES string of the molecule is COc1cc(NN2CCCCC2)ccn1. The molecule has 1 N–H and O–H groups in total. The molecule has 1 aliphatic rings. The minimum atomic E-state index is 0.650. The largest absolute Gasteiger partial charge is 0.481 e. The first-order chi connectivity index (χ1) is 7.38. The number of piperidine rings is 1. The topological polar surface area (TPSA) is 37.4 Å². The monoisotopic (exact) mass is 207 g/mol. The Morgan fingerprint density at radius 3 is 2.87 bits per heavy atom. The van der Waals surface area contributed by atoms with Crippen molar-refractivity contribution in [2.75, 3.05) is 25.6 Å². The predicted octanol–water partition coefficient (Wildman–Crippen LogP) is 1.90.